The molecule has 1 aromatic rings. The lowest BCUT2D eigenvalue weighted by Crippen LogP contribution is -2.26. The van der Waals surface area contributed by atoms with Crippen molar-refractivity contribution in [3.8, 4) is 0 Å². The first-order valence-electron chi connectivity index (χ1n) is 5.14. The van der Waals surface area contributed by atoms with E-state index >= 15 is 0 Å². The van der Waals surface area contributed by atoms with Gasteiger partial charge in [0.15, 0.2) is 0 Å². The van der Waals surface area contributed by atoms with Crippen LogP contribution >= 0.6 is 0 Å². The first-order valence-corrected chi connectivity index (χ1v) is 6.75. The number of nitrogens with two attached hydrogens (primary N) is 2. The van der Waals surface area contributed by atoms with Gasteiger partial charge in [-0.2, -0.15) is 0 Å². The van der Waals surface area contributed by atoms with E-state index in [0.717, 1.165) is 29.7 Å². The Kier molecular flexibility index (Phi) is 2.88. The molecule has 0 fully saturated rings. The topological polar surface area (TPSA) is 98.2 Å². The predicted octanol–water partition coefficient (Wildman–Crippen LogP) is 0.638. The second-order valence-corrected chi connectivity index (χ2v) is 5.73. The lowest BCUT2D eigenvalue weighted by Gasteiger charge is -2.25. The molecule has 2 rings (SSSR count). The van der Waals surface area contributed by atoms with Crippen LogP contribution in [0.25, 0.3) is 0 Å². The first kappa shape index (κ1) is 11.4. The zero-order valence-electron chi connectivity index (χ0n) is 8.81. The van der Waals surface area contributed by atoms with Gasteiger partial charge in [-0.15, -0.1) is 0 Å². The van der Waals surface area contributed by atoms with Crippen LogP contribution < -0.4 is 16.4 Å². The summed E-state index contributed by atoms with van der Waals surface area (Å²) in [4.78, 5) is 0. The second kappa shape index (κ2) is 4.04. The van der Waals surface area contributed by atoms with E-state index in [1.54, 1.807) is 6.07 Å². The van der Waals surface area contributed by atoms with Crippen molar-refractivity contribution in [1.29, 1.82) is 0 Å². The fourth-order valence-corrected chi connectivity index (χ4v) is 3.35. The van der Waals surface area contributed by atoms with Crippen molar-refractivity contribution in [2.45, 2.75) is 24.5 Å². The number of rotatable bonds is 2. The largest absolute Gasteiger partial charge is 0.324 e. The highest BCUT2D eigenvalue weighted by atomic mass is 32.2. The molecule has 0 heterocycles. The Balaban J connectivity index is 2.56. The standard InChI is InChI=1S/C10H15N3O2S/c11-13-9-5-1-4-8-7(9)3-2-6-10(8)16(12,14)15/h1,4-5,10,13H,2-3,6,11H2,(H2,12,14,15). The minimum Gasteiger partial charge on any atom is -0.324 e. The number of fused-ring (bicyclic) bond motifs is 1. The maximum atomic E-state index is 11.5. The average Bonchev–Trinajstić information content (AvgIpc) is 2.26. The Bertz CT molecular complexity index is 499. The lowest BCUT2D eigenvalue weighted by molar-refractivity contribution is 0.562. The zero-order valence-corrected chi connectivity index (χ0v) is 9.63. The molecule has 0 spiro atoms. The summed E-state index contributed by atoms with van der Waals surface area (Å²) < 4.78 is 22.9. The van der Waals surface area contributed by atoms with Crippen LogP contribution in [-0.2, 0) is 16.4 Å². The van der Waals surface area contributed by atoms with E-state index in [1.165, 1.54) is 0 Å². The number of hydrogen-bond donors (Lipinski definition) is 3. The molecule has 5 N–H and O–H groups in total. The number of benzene rings is 1. The van der Waals surface area contributed by atoms with Crippen LogP contribution in [0.1, 0.15) is 29.2 Å². The predicted molar refractivity (Wildman–Crippen MR) is 63.0 cm³/mol. The number of primary sulfonamides is 1. The molecule has 88 valence electrons. The highest BCUT2D eigenvalue weighted by Crippen LogP contribution is 2.37. The maximum absolute atomic E-state index is 11.5. The third-order valence-electron chi connectivity index (χ3n) is 3.00. The fraction of sp³-hybridized carbons (Fsp3) is 0.400. The molecule has 0 bridgehead atoms. The van der Waals surface area contributed by atoms with Crippen LogP contribution in [0.15, 0.2) is 18.2 Å². The average molecular weight is 241 g/mol. The van der Waals surface area contributed by atoms with E-state index in [2.05, 4.69) is 5.43 Å². The Morgan fingerprint density at radius 3 is 2.75 bits per heavy atom. The molecule has 1 aliphatic rings. The molecule has 0 amide bonds. The van der Waals surface area contributed by atoms with E-state index in [1.807, 2.05) is 12.1 Å². The van der Waals surface area contributed by atoms with Crippen LogP contribution in [0.3, 0.4) is 0 Å². The van der Waals surface area contributed by atoms with Gasteiger partial charge in [-0.1, -0.05) is 12.1 Å². The van der Waals surface area contributed by atoms with Crippen molar-refractivity contribution < 1.29 is 8.42 Å². The van der Waals surface area contributed by atoms with E-state index in [4.69, 9.17) is 11.0 Å². The number of sulfonamides is 1. The molecule has 0 saturated heterocycles. The second-order valence-electron chi connectivity index (χ2n) is 3.99. The van der Waals surface area contributed by atoms with E-state index in [0.29, 0.717) is 6.42 Å². The fourth-order valence-electron chi connectivity index (χ4n) is 2.28. The van der Waals surface area contributed by atoms with Crippen LogP contribution in [-0.4, -0.2) is 8.42 Å². The Hall–Kier alpha value is -1.11. The molecule has 1 aliphatic carbocycles. The third kappa shape index (κ3) is 1.91. The van der Waals surface area contributed by atoms with Gasteiger partial charge in [0.2, 0.25) is 10.0 Å². The summed E-state index contributed by atoms with van der Waals surface area (Å²) in [5.74, 6) is 5.40. The molecule has 0 radical (unpaired) electrons. The summed E-state index contributed by atoms with van der Waals surface area (Å²) in [5, 5.41) is 4.64. The van der Waals surface area contributed by atoms with Crippen molar-refractivity contribution in [1.82, 2.24) is 0 Å². The SMILES string of the molecule is NNc1cccc2c1CCCC2S(N)(=O)=O. The molecular formula is C10H15N3O2S. The molecule has 0 aromatic heterocycles. The zero-order chi connectivity index (χ0) is 11.8. The van der Waals surface area contributed by atoms with E-state index in [-0.39, 0.29) is 0 Å². The monoisotopic (exact) mass is 241 g/mol. The molecule has 0 aliphatic heterocycles. The van der Waals surface area contributed by atoms with Gasteiger partial charge in [0, 0.05) is 0 Å². The summed E-state index contributed by atoms with van der Waals surface area (Å²) in [7, 11) is -3.53. The van der Waals surface area contributed by atoms with Crippen molar-refractivity contribution in [2.75, 3.05) is 5.43 Å². The lowest BCUT2D eigenvalue weighted by atomic mass is 9.90. The quantitative estimate of drug-likeness (QED) is 0.522. The van der Waals surface area contributed by atoms with Crippen LogP contribution in [0.2, 0.25) is 0 Å². The minimum absolute atomic E-state index is 0.583. The molecular weight excluding hydrogens is 226 g/mol. The van der Waals surface area contributed by atoms with Crippen LogP contribution in [0.4, 0.5) is 5.69 Å². The Morgan fingerprint density at radius 2 is 2.12 bits per heavy atom. The maximum Gasteiger partial charge on any atom is 0.216 e. The smallest absolute Gasteiger partial charge is 0.216 e. The third-order valence-corrected chi connectivity index (χ3v) is 4.29. The van der Waals surface area contributed by atoms with Gasteiger partial charge in [0.05, 0.1) is 5.69 Å². The van der Waals surface area contributed by atoms with Gasteiger partial charge in [-0.05, 0) is 36.5 Å². The first-order chi connectivity index (χ1) is 7.54. The summed E-state index contributed by atoms with van der Waals surface area (Å²) in [6.45, 7) is 0. The summed E-state index contributed by atoms with van der Waals surface area (Å²) >= 11 is 0. The molecule has 16 heavy (non-hydrogen) atoms. The van der Waals surface area contributed by atoms with Crippen LogP contribution in [0, 0.1) is 0 Å². The number of hydrogen-bond acceptors (Lipinski definition) is 4. The molecule has 1 unspecified atom stereocenters. The number of nitrogen functional groups attached to an aromatic ring is 1. The number of anilines is 1. The molecule has 5 nitrogen and oxygen atoms in total. The minimum atomic E-state index is -3.53. The summed E-state index contributed by atoms with van der Waals surface area (Å²) in [6.07, 6.45) is 2.23. The summed E-state index contributed by atoms with van der Waals surface area (Å²) in [6, 6.07) is 5.44. The Labute approximate surface area is 94.8 Å². The van der Waals surface area contributed by atoms with Crippen molar-refractivity contribution in [2.24, 2.45) is 11.0 Å². The number of nitrogens with one attached hydrogen (secondary N) is 1. The highest BCUT2D eigenvalue weighted by Gasteiger charge is 2.29. The molecule has 1 aromatic carbocycles. The van der Waals surface area contributed by atoms with E-state index < -0.39 is 15.3 Å². The normalized spacial score (nSPS) is 20.2. The molecule has 0 saturated carbocycles. The highest BCUT2D eigenvalue weighted by molar-refractivity contribution is 7.89. The molecule has 1 atom stereocenters. The van der Waals surface area contributed by atoms with Gasteiger partial charge >= 0.3 is 0 Å². The van der Waals surface area contributed by atoms with Gasteiger partial charge < -0.3 is 5.43 Å². The van der Waals surface area contributed by atoms with Crippen molar-refractivity contribution >= 4 is 15.7 Å². The Morgan fingerprint density at radius 1 is 1.38 bits per heavy atom. The number of hydrazine groups is 1. The van der Waals surface area contributed by atoms with Gasteiger partial charge in [-0.3, -0.25) is 5.84 Å². The van der Waals surface area contributed by atoms with Crippen molar-refractivity contribution in [3.63, 3.8) is 0 Å². The van der Waals surface area contributed by atoms with Crippen LogP contribution in [0.5, 0.6) is 0 Å². The van der Waals surface area contributed by atoms with E-state index in [9.17, 15) is 8.42 Å². The van der Waals surface area contributed by atoms with Gasteiger partial charge in [-0.25, -0.2) is 13.6 Å². The van der Waals surface area contributed by atoms with Gasteiger partial charge in [0.25, 0.3) is 0 Å². The summed E-state index contributed by atoms with van der Waals surface area (Å²) in [5.41, 5.74) is 5.12. The van der Waals surface area contributed by atoms with Gasteiger partial charge in [0.1, 0.15) is 5.25 Å². The molecule has 6 heteroatoms. The van der Waals surface area contributed by atoms with Crippen molar-refractivity contribution in [3.05, 3.63) is 29.3 Å².